The van der Waals surface area contributed by atoms with Gasteiger partial charge in [-0.2, -0.15) is 0 Å². The Morgan fingerprint density at radius 2 is 2.04 bits per heavy atom. The number of benzene rings is 1. The van der Waals surface area contributed by atoms with Gasteiger partial charge in [-0.1, -0.05) is 40.2 Å². The van der Waals surface area contributed by atoms with E-state index in [-0.39, 0.29) is 5.56 Å². The number of H-pyrrole nitrogens is 2. The van der Waals surface area contributed by atoms with Crippen LogP contribution >= 0.6 is 28.1 Å². The molecule has 0 atom stereocenters. The van der Waals surface area contributed by atoms with Crippen LogP contribution in [0.5, 0.6) is 0 Å². The van der Waals surface area contributed by atoms with Crippen molar-refractivity contribution in [2.24, 2.45) is 0 Å². The predicted octanol–water partition coefficient (Wildman–Crippen LogP) is 3.82. The Morgan fingerprint density at radius 3 is 2.81 bits per heavy atom. The Labute approximate surface area is 164 Å². The summed E-state index contributed by atoms with van der Waals surface area (Å²) in [5.74, 6) is 0. The number of rotatable bonds is 3. The van der Waals surface area contributed by atoms with Gasteiger partial charge in [-0.25, -0.2) is 0 Å². The summed E-state index contributed by atoms with van der Waals surface area (Å²) in [6.07, 6.45) is 2.71. The fourth-order valence-corrected chi connectivity index (χ4v) is 3.96. The summed E-state index contributed by atoms with van der Waals surface area (Å²) in [6.45, 7) is 2.26. The third kappa shape index (κ3) is 3.56. The molecule has 7 heteroatoms. The van der Waals surface area contributed by atoms with Crippen LogP contribution in [0.2, 0.25) is 0 Å². The summed E-state index contributed by atoms with van der Waals surface area (Å²) in [4.78, 5) is 24.8. The van der Waals surface area contributed by atoms with E-state index in [0.29, 0.717) is 11.3 Å². The van der Waals surface area contributed by atoms with Crippen molar-refractivity contribution >= 4 is 28.1 Å². The first-order valence-corrected chi connectivity index (χ1v) is 9.57. The molecule has 0 radical (unpaired) electrons. The SMILES string of the molecule is O=c1[nH]c(=S)[nH]c2c1CN(Cc1ccc(-c3ccccc3Br)nc1)CC2. The van der Waals surface area contributed by atoms with Crippen LogP contribution in [-0.4, -0.2) is 26.4 Å². The molecule has 5 nitrogen and oxygen atoms in total. The summed E-state index contributed by atoms with van der Waals surface area (Å²) < 4.78 is 1.43. The summed E-state index contributed by atoms with van der Waals surface area (Å²) in [6, 6.07) is 12.2. The number of nitrogens with one attached hydrogen (secondary N) is 2. The van der Waals surface area contributed by atoms with Gasteiger partial charge in [0.25, 0.3) is 5.56 Å². The summed E-state index contributed by atoms with van der Waals surface area (Å²) in [5, 5.41) is 0. The van der Waals surface area contributed by atoms with Crippen molar-refractivity contribution < 1.29 is 0 Å². The maximum absolute atomic E-state index is 12.1. The molecule has 2 N–H and O–H groups in total. The number of pyridine rings is 1. The Kier molecular flexibility index (Phi) is 4.84. The van der Waals surface area contributed by atoms with E-state index in [9.17, 15) is 4.79 Å². The van der Waals surface area contributed by atoms with Gasteiger partial charge in [0.05, 0.1) is 11.3 Å². The molecule has 0 saturated carbocycles. The van der Waals surface area contributed by atoms with Crippen molar-refractivity contribution in [3.05, 3.63) is 79.0 Å². The Balaban J connectivity index is 1.51. The summed E-state index contributed by atoms with van der Waals surface area (Å²) in [5.41, 5.74) is 4.79. The Hall–Kier alpha value is -2.09. The highest BCUT2D eigenvalue weighted by Crippen LogP contribution is 2.26. The van der Waals surface area contributed by atoms with Crippen LogP contribution in [0.4, 0.5) is 0 Å². The number of hydrogen-bond donors (Lipinski definition) is 2. The molecule has 0 spiro atoms. The second-order valence-corrected chi connectivity index (χ2v) is 7.62. The van der Waals surface area contributed by atoms with Gasteiger partial charge >= 0.3 is 0 Å². The summed E-state index contributed by atoms with van der Waals surface area (Å²) in [7, 11) is 0. The number of hydrogen-bond acceptors (Lipinski definition) is 4. The van der Waals surface area contributed by atoms with E-state index >= 15 is 0 Å². The first kappa shape index (κ1) is 17.3. The molecule has 2 aromatic heterocycles. The lowest BCUT2D eigenvalue weighted by Crippen LogP contribution is -2.35. The van der Waals surface area contributed by atoms with E-state index in [4.69, 9.17) is 12.2 Å². The molecule has 0 bridgehead atoms. The van der Waals surface area contributed by atoms with Crippen LogP contribution in [0.3, 0.4) is 0 Å². The average molecular weight is 429 g/mol. The standard InChI is InChI=1S/C19H17BrN4OS/c20-15-4-2-1-3-13(15)16-6-5-12(9-21-16)10-24-8-7-17-14(11-24)18(25)23-19(26)22-17/h1-6,9H,7-8,10-11H2,(H2,22,23,25,26). The molecular formula is C19H17BrN4OS. The number of aromatic amines is 2. The smallest absolute Gasteiger partial charge is 0.256 e. The molecule has 1 aliphatic rings. The largest absolute Gasteiger partial charge is 0.335 e. The molecule has 3 aromatic rings. The van der Waals surface area contributed by atoms with E-state index in [1.807, 2.05) is 36.5 Å². The Morgan fingerprint density at radius 1 is 1.19 bits per heavy atom. The van der Waals surface area contributed by atoms with E-state index < -0.39 is 0 Å². The number of nitrogens with zero attached hydrogens (tertiary/aromatic N) is 2. The van der Waals surface area contributed by atoms with Gasteiger partial charge in [0.1, 0.15) is 0 Å². The molecule has 0 amide bonds. The molecule has 0 unspecified atom stereocenters. The van der Waals surface area contributed by atoms with Crippen LogP contribution in [0.1, 0.15) is 16.8 Å². The highest BCUT2D eigenvalue weighted by molar-refractivity contribution is 9.10. The maximum Gasteiger partial charge on any atom is 0.256 e. The van der Waals surface area contributed by atoms with Crippen LogP contribution in [0.25, 0.3) is 11.3 Å². The lowest BCUT2D eigenvalue weighted by Gasteiger charge is -2.27. The van der Waals surface area contributed by atoms with Gasteiger partial charge in [0.2, 0.25) is 0 Å². The van der Waals surface area contributed by atoms with Gasteiger partial charge in [0.15, 0.2) is 4.77 Å². The minimum atomic E-state index is -0.0872. The van der Waals surface area contributed by atoms with Crippen LogP contribution in [-0.2, 0) is 19.5 Å². The number of halogens is 1. The fourth-order valence-electron chi connectivity index (χ4n) is 3.25. The molecule has 0 fully saturated rings. The average Bonchev–Trinajstić information content (AvgIpc) is 2.63. The summed E-state index contributed by atoms with van der Waals surface area (Å²) >= 11 is 8.61. The third-order valence-corrected chi connectivity index (χ3v) is 5.47. The Bertz CT molecular complexity index is 1060. The fraction of sp³-hybridized carbons (Fsp3) is 0.211. The number of aromatic nitrogens is 3. The van der Waals surface area contributed by atoms with E-state index in [1.54, 1.807) is 0 Å². The predicted molar refractivity (Wildman–Crippen MR) is 107 cm³/mol. The first-order valence-electron chi connectivity index (χ1n) is 8.37. The zero-order chi connectivity index (χ0) is 18.1. The third-order valence-electron chi connectivity index (χ3n) is 4.57. The molecule has 1 aromatic carbocycles. The quantitative estimate of drug-likeness (QED) is 0.622. The minimum Gasteiger partial charge on any atom is -0.335 e. The van der Waals surface area contributed by atoms with E-state index in [0.717, 1.165) is 52.1 Å². The first-order chi connectivity index (χ1) is 12.6. The van der Waals surface area contributed by atoms with Gasteiger partial charge < -0.3 is 4.98 Å². The second kappa shape index (κ2) is 7.26. The van der Waals surface area contributed by atoms with Crippen molar-refractivity contribution in [2.75, 3.05) is 6.54 Å². The molecule has 1 aliphatic heterocycles. The lowest BCUT2D eigenvalue weighted by molar-refractivity contribution is 0.241. The van der Waals surface area contributed by atoms with Gasteiger partial charge in [-0.15, -0.1) is 0 Å². The van der Waals surface area contributed by atoms with Gasteiger partial charge in [-0.3, -0.25) is 19.7 Å². The highest BCUT2D eigenvalue weighted by Gasteiger charge is 2.19. The highest BCUT2D eigenvalue weighted by atomic mass is 79.9. The van der Waals surface area contributed by atoms with Crippen molar-refractivity contribution in [1.82, 2.24) is 19.9 Å². The van der Waals surface area contributed by atoms with Gasteiger partial charge in [-0.05, 0) is 29.9 Å². The topological polar surface area (TPSA) is 64.8 Å². The molecule has 4 rings (SSSR count). The van der Waals surface area contributed by atoms with E-state index in [1.165, 1.54) is 0 Å². The molecule has 0 aliphatic carbocycles. The maximum atomic E-state index is 12.1. The zero-order valence-electron chi connectivity index (χ0n) is 14.0. The van der Waals surface area contributed by atoms with Gasteiger partial charge in [0, 0.05) is 48.0 Å². The van der Waals surface area contributed by atoms with Crippen LogP contribution in [0.15, 0.2) is 51.9 Å². The minimum absolute atomic E-state index is 0.0872. The molecular weight excluding hydrogens is 412 g/mol. The van der Waals surface area contributed by atoms with Crippen molar-refractivity contribution in [3.8, 4) is 11.3 Å². The van der Waals surface area contributed by atoms with Crippen molar-refractivity contribution in [2.45, 2.75) is 19.5 Å². The zero-order valence-corrected chi connectivity index (χ0v) is 16.4. The molecule has 26 heavy (non-hydrogen) atoms. The van der Waals surface area contributed by atoms with Crippen LogP contribution in [0, 0.1) is 4.77 Å². The number of fused-ring (bicyclic) bond motifs is 1. The lowest BCUT2D eigenvalue weighted by atomic mass is 10.1. The molecule has 0 saturated heterocycles. The molecule has 132 valence electrons. The van der Waals surface area contributed by atoms with Crippen molar-refractivity contribution in [1.29, 1.82) is 0 Å². The van der Waals surface area contributed by atoms with Crippen molar-refractivity contribution in [3.63, 3.8) is 0 Å². The van der Waals surface area contributed by atoms with Crippen LogP contribution < -0.4 is 5.56 Å². The van der Waals surface area contributed by atoms with E-state index in [2.05, 4.69) is 41.8 Å². The molecule has 3 heterocycles. The second-order valence-electron chi connectivity index (χ2n) is 6.36. The monoisotopic (exact) mass is 428 g/mol. The normalized spacial score (nSPS) is 14.2.